The number of hydrogen-bond acceptors (Lipinski definition) is 3. The predicted molar refractivity (Wildman–Crippen MR) is 118 cm³/mol. The van der Waals surface area contributed by atoms with Crippen molar-refractivity contribution in [2.45, 2.75) is 78.6 Å². The number of aromatic nitrogens is 1. The Labute approximate surface area is 168 Å². The highest BCUT2D eigenvalue weighted by Gasteiger charge is 2.17. The number of allylic oxidation sites excluding steroid dienone is 1. The van der Waals surface area contributed by atoms with E-state index in [1.807, 2.05) is 31.2 Å². The summed E-state index contributed by atoms with van der Waals surface area (Å²) in [5.74, 6) is 0.00856. The molecule has 2 aromatic rings. The number of rotatable bonds is 12. The van der Waals surface area contributed by atoms with Gasteiger partial charge in [-0.3, -0.25) is 9.36 Å². The lowest BCUT2D eigenvalue weighted by Gasteiger charge is -2.14. The normalized spacial score (nSPS) is 11.5. The zero-order chi connectivity index (χ0) is 20.4. The van der Waals surface area contributed by atoms with Crippen molar-refractivity contribution in [3.8, 4) is 11.5 Å². The van der Waals surface area contributed by atoms with Crippen molar-refractivity contribution in [1.82, 2.24) is 4.57 Å². The molecular formula is C24H35NO3. The van der Waals surface area contributed by atoms with Gasteiger partial charge >= 0.3 is 5.56 Å². The van der Waals surface area contributed by atoms with Gasteiger partial charge in [-0.25, -0.2) is 0 Å². The molecule has 1 aromatic carbocycles. The fraction of sp³-hybridized carbons (Fsp3) is 0.542. The van der Waals surface area contributed by atoms with E-state index in [1.165, 1.54) is 31.2 Å². The van der Waals surface area contributed by atoms with Crippen LogP contribution in [0.2, 0.25) is 0 Å². The summed E-state index contributed by atoms with van der Waals surface area (Å²) in [4.78, 5) is 13.0. The maximum atomic E-state index is 13.0. The third-order valence-corrected chi connectivity index (χ3v) is 5.07. The lowest BCUT2D eigenvalue weighted by molar-refractivity contribution is 0.285. The van der Waals surface area contributed by atoms with Gasteiger partial charge in [0, 0.05) is 11.6 Å². The smallest absolute Gasteiger partial charge is 0.301 e. The van der Waals surface area contributed by atoms with Crippen LogP contribution in [0, 0.1) is 0 Å². The minimum Gasteiger partial charge on any atom is -0.504 e. The molecular weight excluding hydrogens is 350 g/mol. The number of pyridine rings is 1. The molecule has 154 valence electrons. The quantitative estimate of drug-likeness (QED) is 0.437. The SMILES string of the molecule is CC=Cn1c(=O)c(OCCCCCCCC)c(O)c2ccc(CCCC)cc21. The molecule has 0 saturated carbocycles. The number of unbranched alkanes of at least 4 members (excludes halogenated alkanes) is 6. The molecule has 0 aliphatic carbocycles. The van der Waals surface area contributed by atoms with Gasteiger partial charge in [-0.1, -0.05) is 64.5 Å². The third-order valence-electron chi connectivity index (χ3n) is 5.07. The number of hydrogen-bond donors (Lipinski definition) is 1. The Balaban J connectivity index is 2.25. The lowest BCUT2D eigenvalue weighted by atomic mass is 10.1. The zero-order valence-electron chi connectivity index (χ0n) is 17.7. The van der Waals surface area contributed by atoms with E-state index in [0.29, 0.717) is 12.0 Å². The summed E-state index contributed by atoms with van der Waals surface area (Å²) in [5.41, 5.74) is 1.59. The molecule has 4 nitrogen and oxygen atoms in total. The number of aromatic hydroxyl groups is 1. The first-order valence-electron chi connectivity index (χ1n) is 10.8. The second-order valence-corrected chi connectivity index (χ2v) is 7.41. The van der Waals surface area contributed by atoms with Crippen molar-refractivity contribution in [3.63, 3.8) is 0 Å². The highest BCUT2D eigenvalue weighted by molar-refractivity contribution is 5.89. The third kappa shape index (κ3) is 5.63. The first-order chi connectivity index (χ1) is 13.6. The number of benzene rings is 1. The molecule has 2 rings (SSSR count). The zero-order valence-corrected chi connectivity index (χ0v) is 17.7. The molecule has 4 heteroatoms. The molecule has 1 aromatic heterocycles. The van der Waals surface area contributed by atoms with Gasteiger partial charge in [-0.2, -0.15) is 0 Å². The van der Waals surface area contributed by atoms with Crippen molar-refractivity contribution < 1.29 is 9.84 Å². The van der Waals surface area contributed by atoms with E-state index in [1.54, 1.807) is 10.8 Å². The van der Waals surface area contributed by atoms with E-state index in [9.17, 15) is 9.90 Å². The molecule has 28 heavy (non-hydrogen) atoms. The van der Waals surface area contributed by atoms with Crippen molar-refractivity contribution >= 4 is 17.1 Å². The van der Waals surface area contributed by atoms with E-state index in [0.717, 1.165) is 37.6 Å². The summed E-state index contributed by atoms with van der Waals surface area (Å²) in [7, 11) is 0. The van der Waals surface area contributed by atoms with Gasteiger partial charge in [-0.15, -0.1) is 0 Å². The van der Waals surface area contributed by atoms with Crippen molar-refractivity contribution in [1.29, 1.82) is 0 Å². The Kier molecular flexibility index (Phi) is 9.12. The molecule has 0 bridgehead atoms. The lowest BCUT2D eigenvalue weighted by Crippen LogP contribution is -2.19. The van der Waals surface area contributed by atoms with Crippen LogP contribution in [-0.2, 0) is 6.42 Å². The van der Waals surface area contributed by atoms with Crippen LogP contribution < -0.4 is 10.3 Å². The highest BCUT2D eigenvalue weighted by atomic mass is 16.5. The van der Waals surface area contributed by atoms with Crippen LogP contribution in [0.4, 0.5) is 0 Å². The maximum absolute atomic E-state index is 13.0. The second-order valence-electron chi connectivity index (χ2n) is 7.41. The number of fused-ring (bicyclic) bond motifs is 1. The van der Waals surface area contributed by atoms with Crippen molar-refractivity contribution in [2.75, 3.05) is 6.61 Å². The van der Waals surface area contributed by atoms with E-state index < -0.39 is 0 Å². The number of ether oxygens (including phenoxy) is 1. The summed E-state index contributed by atoms with van der Waals surface area (Å²) in [5, 5.41) is 11.3. The first-order valence-corrected chi connectivity index (χ1v) is 10.8. The van der Waals surface area contributed by atoms with Gasteiger partial charge in [0.2, 0.25) is 5.75 Å². The van der Waals surface area contributed by atoms with Gasteiger partial charge in [0.25, 0.3) is 0 Å². The van der Waals surface area contributed by atoms with Crippen LogP contribution in [0.15, 0.2) is 29.1 Å². The van der Waals surface area contributed by atoms with Gasteiger partial charge in [0.15, 0.2) is 5.75 Å². The Bertz CT molecular complexity index is 836. The molecule has 0 atom stereocenters. The van der Waals surface area contributed by atoms with Gasteiger partial charge in [-0.05, 0) is 43.9 Å². The van der Waals surface area contributed by atoms with E-state index >= 15 is 0 Å². The van der Waals surface area contributed by atoms with E-state index in [2.05, 4.69) is 13.8 Å². The van der Waals surface area contributed by atoms with Crippen LogP contribution in [0.25, 0.3) is 17.1 Å². The molecule has 1 heterocycles. The fourth-order valence-electron chi connectivity index (χ4n) is 3.44. The molecule has 0 amide bonds. The van der Waals surface area contributed by atoms with Crippen LogP contribution in [0.5, 0.6) is 11.5 Å². The fourth-order valence-corrected chi connectivity index (χ4v) is 3.44. The van der Waals surface area contributed by atoms with E-state index in [4.69, 9.17) is 4.74 Å². The van der Waals surface area contributed by atoms with Crippen LogP contribution in [0.1, 0.15) is 77.7 Å². The van der Waals surface area contributed by atoms with Crippen molar-refractivity contribution in [3.05, 3.63) is 40.2 Å². The van der Waals surface area contributed by atoms with Crippen molar-refractivity contribution in [2.24, 2.45) is 0 Å². The first kappa shape index (κ1) is 22.1. The molecule has 0 fully saturated rings. The van der Waals surface area contributed by atoms with Gasteiger partial charge < -0.3 is 9.84 Å². The second kappa shape index (κ2) is 11.6. The molecule has 0 spiro atoms. The Morgan fingerprint density at radius 3 is 2.46 bits per heavy atom. The molecule has 0 radical (unpaired) electrons. The standard InChI is InChI=1S/C24H35NO3/c1-4-7-9-10-11-12-17-28-23-22(26)20-15-14-19(13-8-5-2)18-21(20)25(16-6-3)24(23)27/h6,14-16,18,26H,4-5,7-13,17H2,1-3H3. The minimum absolute atomic E-state index is 0.0474. The highest BCUT2D eigenvalue weighted by Crippen LogP contribution is 2.32. The Morgan fingerprint density at radius 1 is 1.04 bits per heavy atom. The summed E-state index contributed by atoms with van der Waals surface area (Å²) in [6.45, 7) is 6.69. The van der Waals surface area contributed by atoms with E-state index in [-0.39, 0.29) is 17.1 Å². The van der Waals surface area contributed by atoms with Gasteiger partial charge in [0.05, 0.1) is 12.1 Å². The van der Waals surface area contributed by atoms with Crippen LogP contribution >= 0.6 is 0 Å². The summed E-state index contributed by atoms with van der Waals surface area (Å²) in [6.07, 6.45) is 13.6. The molecule has 0 saturated heterocycles. The minimum atomic E-state index is -0.304. The summed E-state index contributed by atoms with van der Waals surface area (Å²) < 4.78 is 7.33. The van der Waals surface area contributed by atoms with Crippen LogP contribution in [-0.4, -0.2) is 16.3 Å². The summed E-state index contributed by atoms with van der Waals surface area (Å²) in [6, 6.07) is 5.93. The summed E-state index contributed by atoms with van der Waals surface area (Å²) >= 11 is 0. The molecule has 0 aliphatic heterocycles. The number of nitrogens with zero attached hydrogens (tertiary/aromatic N) is 1. The Morgan fingerprint density at radius 2 is 1.75 bits per heavy atom. The average Bonchev–Trinajstić information content (AvgIpc) is 2.70. The average molecular weight is 386 g/mol. The van der Waals surface area contributed by atoms with Crippen LogP contribution in [0.3, 0.4) is 0 Å². The van der Waals surface area contributed by atoms with Gasteiger partial charge in [0.1, 0.15) is 0 Å². The Hall–Kier alpha value is -2.23. The molecule has 0 aliphatic rings. The maximum Gasteiger partial charge on any atom is 0.301 e. The topological polar surface area (TPSA) is 51.5 Å². The monoisotopic (exact) mass is 385 g/mol. The molecule has 0 unspecified atom stereocenters. The molecule has 1 N–H and O–H groups in total. The predicted octanol–water partition coefficient (Wildman–Crippen LogP) is 6.28. The largest absolute Gasteiger partial charge is 0.504 e. The number of aryl methyl sites for hydroxylation is 1.